The van der Waals surface area contributed by atoms with Crippen molar-refractivity contribution >= 4 is 38.9 Å². The Morgan fingerprint density at radius 1 is 0.962 bits per heavy atom. The minimum absolute atomic E-state index is 0.0971. The van der Waals surface area contributed by atoms with Gasteiger partial charge in [-0.3, -0.25) is 0 Å². The molecule has 0 N–H and O–H groups in total. The fourth-order valence-electron chi connectivity index (χ4n) is 3.08. The average Bonchev–Trinajstić information content (AvgIpc) is 2.64. The van der Waals surface area contributed by atoms with Crippen LogP contribution < -0.4 is 9.64 Å². The first kappa shape index (κ1) is 19.3. The van der Waals surface area contributed by atoms with Crippen LogP contribution in [0.25, 0.3) is 0 Å². The second-order valence-electron chi connectivity index (χ2n) is 6.12. The van der Waals surface area contributed by atoms with E-state index in [0.717, 1.165) is 11.3 Å². The molecule has 0 spiro atoms. The van der Waals surface area contributed by atoms with Crippen LogP contribution in [0.2, 0.25) is 10.0 Å². The van der Waals surface area contributed by atoms with Gasteiger partial charge < -0.3 is 9.64 Å². The minimum atomic E-state index is -3.68. The number of methoxy groups -OCH3 is 1. The molecule has 1 fully saturated rings. The summed E-state index contributed by atoms with van der Waals surface area (Å²) < 4.78 is 32.7. The molecule has 0 radical (unpaired) electrons. The van der Waals surface area contributed by atoms with E-state index in [4.69, 9.17) is 27.9 Å². The number of anilines is 1. The van der Waals surface area contributed by atoms with Gasteiger partial charge in [-0.1, -0.05) is 29.3 Å². The number of nitrogens with zero attached hydrogens (tertiary/aromatic N) is 2. The fourth-order valence-corrected chi connectivity index (χ4v) is 5.09. The molecular formula is C18H20Cl2N2O3S. The van der Waals surface area contributed by atoms with E-state index < -0.39 is 10.0 Å². The molecule has 0 aliphatic carbocycles. The highest BCUT2D eigenvalue weighted by Crippen LogP contribution is 2.31. The predicted molar refractivity (Wildman–Crippen MR) is 105 cm³/mol. The SMILES string of the molecule is COc1ccc(Cl)cc1S(=O)(=O)N1CCN(c2cc(Cl)ccc2C)CC1. The minimum Gasteiger partial charge on any atom is -0.495 e. The molecule has 0 saturated carbocycles. The number of aryl methyl sites for hydroxylation is 1. The van der Waals surface area contributed by atoms with Crippen molar-refractivity contribution in [3.05, 3.63) is 52.0 Å². The van der Waals surface area contributed by atoms with Crippen LogP contribution in [0, 0.1) is 6.92 Å². The lowest BCUT2D eigenvalue weighted by Gasteiger charge is -2.36. The molecule has 2 aromatic carbocycles. The zero-order valence-corrected chi connectivity index (χ0v) is 16.9. The molecule has 0 unspecified atom stereocenters. The Labute approximate surface area is 164 Å². The molecule has 0 bridgehead atoms. The van der Waals surface area contributed by atoms with E-state index in [1.807, 2.05) is 25.1 Å². The summed E-state index contributed by atoms with van der Waals surface area (Å²) in [5.74, 6) is 0.294. The van der Waals surface area contributed by atoms with Crippen LogP contribution in [0.15, 0.2) is 41.3 Å². The van der Waals surface area contributed by atoms with Crippen LogP contribution in [0.1, 0.15) is 5.56 Å². The Bertz CT molecular complexity index is 911. The van der Waals surface area contributed by atoms with Gasteiger partial charge in [0.15, 0.2) is 0 Å². The predicted octanol–water partition coefficient (Wildman–Crippen LogP) is 3.82. The molecule has 1 saturated heterocycles. The van der Waals surface area contributed by atoms with Crippen molar-refractivity contribution in [2.75, 3.05) is 38.2 Å². The summed E-state index contributed by atoms with van der Waals surface area (Å²) in [5, 5.41) is 1.03. The van der Waals surface area contributed by atoms with Gasteiger partial charge in [0.1, 0.15) is 10.6 Å². The summed E-state index contributed by atoms with van der Waals surface area (Å²) in [6.45, 7) is 3.95. The third-order valence-corrected chi connectivity index (χ3v) is 6.88. The Balaban J connectivity index is 1.81. The van der Waals surface area contributed by atoms with Gasteiger partial charge in [0, 0.05) is 41.9 Å². The Hall–Kier alpha value is -1.47. The number of benzene rings is 2. The number of hydrogen-bond donors (Lipinski definition) is 0. The van der Waals surface area contributed by atoms with Gasteiger partial charge in [0.25, 0.3) is 0 Å². The summed E-state index contributed by atoms with van der Waals surface area (Å²) in [5.41, 5.74) is 2.15. The molecule has 0 atom stereocenters. The second-order valence-corrected chi connectivity index (χ2v) is 8.90. The van der Waals surface area contributed by atoms with Gasteiger partial charge in [-0.05, 0) is 42.8 Å². The van der Waals surface area contributed by atoms with Crippen molar-refractivity contribution in [1.82, 2.24) is 4.31 Å². The molecular weight excluding hydrogens is 395 g/mol. The van der Waals surface area contributed by atoms with Crippen LogP contribution in [0.4, 0.5) is 5.69 Å². The van der Waals surface area contributed by atoms with E-state index in [1.165, 1.54) is 17.5 Å². The van der Waals surface area contributed by atoms with Crippen LogP contribution >= 0.6 is 23.2 Å². The highest BCUT2D eigenvalue weighted by Gasteiger charge is 2.31. The quantitative estimate of drug-likeness (QED) is 0.762. The van der Waals surface area contributed by atoms with Crippen LogP contribution in [0.3, 0.4) is 0 Å². The first-order chi connectivity index (χ1) is 12.3. The molecule has 1 heterocycles. The summed E-state index contributed by atoms with van der Waals surface area (Å²) in [6.07, 6.45) is 0. The van der Waals surface area contributed by atoms with Crippen molar-refractivity contribution in [1.29, 1.82) is 0 Å². The van der Waals surface area contributed by atoms with Crippen molar-refractivity contribution in [2.45, 2.75) is 11.8 Å². The van der Waals surface area contributed by atoms with Gasteiger partial charge in [0.05, 0.1) is 7.11 Å². The van der Waals surface area contributed by atoms with E-state index in [0.29, 0.717) is 42.0 Å². The standard InChI is InChI=1S/C18H20Cl2N2O3S/c1-13-3-4-14(19)11-16(13)21-7-9-22(10-8-21)26(23,24)18-12-15(20)5-6-17(18)25-2/h3-6,11-12H,7-10H2,1-2H3. The first-order valence-electron chi connectivity index (χ1n) is 8.17. The summed E-state index contributed by atoms with van der Waals surface area (Å²) >= 11 is 12.1. The fraction of sp³-hybridized carbons (Fsp3) is 0.333. The van der Waals surface area contributed by atoms with Gasteiger partial charge in [0.2, 0.25) is 10.0 Å². The molecule has 0 aromatic heterocycles. The van der Waals surface area contributed by atoms with Crippen LogP contribution in [-0.2, 0) is 10.0 Å². The number of ether oxygens (including phenoxy) is 1. The second kappa shape index (κ2) is 7.64. The molecule has 1 aliphatic rings. The largest absolute Gasteiger partial charge is 0.495 e. The maximum Gasteiger partial charge on any atom is 0.246 e. The number of rotatable bonds is 4. The van der Waals surface area contributed by atoms with Gasteiger partial charge in [-0.15, -0.1) is 0 Å². The lowest BCUT2D eigenvalue weighted by atomic mass is 10.1. The van der Waals surface area contributed by atoms with E-state index in [9.17, 15) is 8.42 Å². The van der Waals surface area contributed by atoms with Gasteiger partial charge in [-0.25, -0.2) is 8.42 Å². The zero-order valence-electron chi connectivity index (χ0n) is 14.6. The van der Waals surface area contributed by atoms with Gasteiger partial charge in [-0.2, -0.15) is 4.31 Å². The number of halogens is 2. The molecule has 8 heteroatoms. The van der Waals surface area contributed by atoms with Gasteiger partial charge >= 0.3 is 0 Å². The van der Waals surface area contributed by atoms with Crippen LogP contribution in [-0.4, -0.2) is 46.0 Å². The lowest BCUT2D eigenvalue weighted by Crippen LogP contribution is -2.48. The zero-order chi connectivity index (χ0) is 18.9. The van der Waals surface area contributed by atoms with E-state index >= 15 is 0 Å². The van der Waals surface area contributed by atoms with Crippen molar-refractivity contribution in [3.63, 3.8) is 0 Å². The summed E-state index contributed by atoms with van der Waals surface area (Å²) in [4.78, 5) is 2.25. The third kappa shape index (κ3) is 3.78. The topological polar surface area (TPSA) is 49.9 Å². The monoisotopic (exact) mass is 414 g/mol. The highest BCUT2D eigenvalue weighted by molar-refractivity contribution is 7.89. The maximum atomic E-state index is 13.0. The summed E-state index contributed by atoms with van der Waals surface area (Å²) in [6, 6.07) is 10.4. The Morgan fingerprint density at radius 3 is 2.23 bits per heavy atom. The number of piperazine rings is 1. The highest BCUT2D eigenvalue weighted by atomic mass is 35.5. The third-order valence-electron chi connectivity index (χ3n) is 4.49. The number of hydrogen-bond acceptors (Lipinski definition) is 4. The van der Waals surface area contributed by atoms with E-state index in [2.05, 4.69) is 4.90 Å². The number of sulfonamides is 1. The molecule has 2 aromatic rings. The first-order valence-corrected chi connectivity index (χ1v) is 10.4. The normalized spacial score (nSPS) is 15.9. The molecule has 26 heavy (non-hydrogen) atoms. The molecule has 5 nitrogen and oxygen atoms in total. The maximum absolute atomic E-state index is 13.0. The molecule has 1 aliphatic heterocycles. The van der Waals surface area contributed by atoms with E-state index in [1.54, 1.807) is 12.1 Å². The van der Waals surface area contributed by atoms with Crippen molar-refractivity contribution in [2.24, 2.45) is 0 Å². The average molecular weight is 415 g/mol. The van der Waals surface area contributed by atoms with E-state index in [-0.39, 0.29) is 4.90 Å². The summed E-state index contributed by atoms with van der Waals surface area (Å²) in [7, 11) is -2.23. The van der Waals surface area contributed by atoms with Crippen molar-refractivity contribution in [3.8, 4) is 5.75 Å². The lowest BCUT2D eigenvalue weighted by molar-refractivity contribution is 0.374. The van der Waals surface area contributed by atoms with Crippen molar-refractivity contribution < 1.29 is 13.2 Å². The Morgan fingerprint density at radius 2 is 1.58 bits per heavy atom. The molecule has 0 amide bonds. The molecule has 3 rings (SSSR count). The van der Waals surface area contributed by atoms with Crippen LogP contribution in [0.5, 0.6) is 5.75 Å². The smallest absolute Gasteiger partial charge is 0.246 e. The molecule has 140 valence electrons. The Kier molecular flexibility index (Phi) is 5.67.